The Balaban J connectivity index is 1.57. The second-order valence-electron chi connectivity index (χ2n) is 10.4. The van der Waals surface area contributed by atoms with Crippen molar-refractivity contribution < 1.29 is 0 Å². The van der Waals surface area contributed by atoms with Gasteiger partial charge >= 0.3 is 0 Å². The first-order valence-corrected chi connectivity index (χ1v) is 13.9. The molecule has 2 unspecified atom stereocenters. The topological polar surface area (TPSA) is 0 Å². The Kier molecular flexibility index (Phi) is 6.63. The van der Waals surface area contributed by atoms with E-state index < -0.39 is 0 Å². The Morgan fingerprint density at radius 2 is 1.46 bits per heavy atom. The van der Waals surface area contributed by atoms with Gasteiger partial charge in [0.2, 0.25) is 0 Å². The molecule has 0 amide bonds. The number of hydrogen-bond donors (Lipinski definition) is 0. The fraction of sp³-hybridized carbons (Fsp3) is 0.128. The van der Waals surface area contributed by atoms with Crippen molar-refractivity contribution in [3.63, 3.8) is 0 Å². The van der Waals surface area contributed by atoms with Gasteiger partial charge in [-0.15, -0.1) is 6.58 Å². The van der Waals surface area contributed by atoms with E-state index in [1.165, 1.54) is 50.1 Å². The van der Waals surface area contributed by atoms with E-state index in [9.17, 15) is 0 Å². The van der Waals surface area contributed by atoms with Crippen molar-refractivity contribution in [3.8, 4) is 11.1 Å². The summed E-state index contributed by atoms with van der Waals surface area (Å²) in [5.41, 5.74) is 11.4. The lowest BCUT2D eigenvalue weighted by Gasteiger charge is -2.35. The zero-order valence-electron chi connectivity index (χ0n) is 22.7. The lowest BCUT2D eigenvalue weighted by molar-refractivity contribution is 0.614. The summed E-state index contributed by atoms with van der Waals surface area (Å²) in [4.78, 5) is 0. The molecular weight excluding hydrogens is 468 g/mol. The molecule has 0 heteroatoms. The minimum absolute atomic E-state index is 0.278. The lowest BCUT2D eigenvalue weighted by atomic mass is 9.66. The summed E-state index contributed by atoms with van der Waals surface area (Å²) in [5, 5.41) is 0. The summed E-state index contributed by atoms with van der Waals surface area (Å²) < 4.78 is 0. The van der Waals surface area contributed by atoms with E-state index in [4.69, 9.17) is 0 Å². The van der Waals surface area contributed by atoms with Crippen LogP contribution in [0.4, 0.5) is 0 Å². The highest BCUT2D eigenvalue weighted by Crippen LogP contribution is 2.56. The van der Waals surface area contributed by atoms with E-state index in [0.29, 0.717) is 5.92 Å². The third-order valence-electron chi connectivity index (χ3n) is 8.45. The maximum Gasteiger partial charge on any atom is 0.0710 e. The molecule has 0 heterocycles. The van der Waals surface area contributed by atoms with Gasteiger partial charge in [-0.1, -0.05) is 146 Å². The van der Waals surface area contributed by atoms with Gasteiger partial charge in [0, 0.05) is 11.8 Å². The van der Waals surface area contributed by atoms with Crippen LogP contribution < -0.4 is 0 Å². The molecule has 0 aliphatic heterocycles. The molecule has 39 heavy (non-hydrogen) atoms. The molecule has 0 spiro atoms. The van der Waals surface area contributed by atoms with Crippen molar-refractivity contribution in [2.45, 2.75) is 19.3 Å². The molecule has 0 radical (unpaired) electrons. The number of rotatable bonds is 6. The van der Waals surface area contributed by atoms with Crippen molar-refractivity contribution in [2.24, 2.45) is 11.8 Å². The monoisotopic (exact) mass is 502 g/mol. The van der Waals surface area contributed by atoms with Crippen molar-refractivity contribution in [2.75, 3.05) is 0 Å². The number of fused-ring (bicyclic) bond motifs is 4. The number of benzene rings is 3. The molecule has 0 bridgehead atoms. The highest BCUT2D eigenvalue weighted by atomic mass is 14.5. The number of allylic oxidation sites excluding steroid dienone is 15. The van der Waals surface area contributed by atoms with Crippen LogP contribution in [0.2, 0.25) is 0 Å². The van der Waals surface area contributed by atoms with E-state index in [-0.39, 0.29) is 11.3 Å². The first kappa shape index (κ1) is 24.9. The van der Waals surface area contributed by atoms with Crippen LogP contribution in [0.15, 0.2) is 175 Å². The first-order valence-electron chi connectivity index (χ1n) is 13.9. The minimum atomic E-state index is -0.388. The van der Waals surface area contributed by atoms with Gasteiger partial charge in [0.25, 0.3) is 0 Å². The highest BCUT2D eigenvalue weighted by molar-refractivity contribution is 5.86. The molecule has 0 N–H and O–H groups in total. The van der Waals surface area contributed by atoms with Crippen LogP contribution in [-0.2, 0) is 5.41 Å². The molecule has 3 aliphatic rings. The largest absolute Gasteiger partial charge is 0.102 e. The second-order valence-corrected chi connectivity index (χ2v) is 10.4. The van der Waals surface area contributed by atoms with Crippen LogP contribution in [-0.4, -0.2) is 0 Å². The smallest absolute Gasteiger partial charge is 0.0710 e. The highest BCUT2D eigenvalue weighted by Gasteiger charge is 2.46. The molecule has 0 fully saturated rings. The van der Waals surface area contributed by atoms with E-state index in [2.05, 4.69) is 166 Å². The Bertz CT molecular complexity index is 1580. The van der Waals surface area contributed by atoms with Crippen LogP contribution in [0.5, 0.6) is 0 Å². The Morgan fingerprint density at radius 1 is 0.795 bits per heavy atom. The quantitative estimate of drug-likeness (QED) is 0.232. The zero-order chi connectivity index (χ0) is 26.8. The molecule has 0 nitrogen and oxygen atoms in total. The average Bonchev–Trinajstić information content (AvgIpc) is 3.29. The van der Waals surface area contributed by atoms with Crippen molar-refractivity contribution in [3.05, 3.63) is 191 Å². The summed E-state index contributed by atoms with van der Waals surface area (Å²) in [6.45, 7) is 8.44. The van der Waals surface area contributed by atoms with Gasteiger partial charge in [-0.05, 0) is 64.0 Å². The van der Waals surface area contributed by atoms with Crippen molar-refractivity contribution in [1.82, 2.24) is 0 Å². The summed E-state index contributed by atoms with van der Waals surface area (Å²) in [5.74, 6) is 0.577. The van der Waals surface area contributed by atoms with Crippen molar-refractivity contribution in [1.29, 1.82) is 0 Å². The maximum atomic E-state index is 4.18. The summed E-state index contributed by atoms with van der Waals surface area (Å²) in [6.07, 6.45) is 24.7. The molecule has 0 saturated carbocycles. The minimum Gasteiger partial charge on any atom is -0.102 e. The van der Waals surface area contributed by atoms with E-state index >= 15 is 0 Å². The fourth-order valence-corrected chi connectivity index (χ4v) is 6.83. The van der Waals surface area contributed by atoms with E-state index in [1.807, 2.05) is 0 Å². The fourth-order valence-electron chi connectivity index (χ4n) is 6.83. The molecule has 2 atom stereocenters. The van der Waals surface area contributed by atoms with Gasteiger partial charge in [0.1, 0.15) is 0 Å². The third kappa shape index (κ3) is 3.91. The summed E-state index contributed by atoms with van der Waals surface area (Å²) in [6, 6.07) is 28.8. The molecule has 0 aromatic heterocycles. The van der Waals surface area contributed by atoms with Gasteiger partial charge in [-0.2, -0.15) is 0 Å². The first-order chi connectivity index (χ1) is 19.2. The summed E-state index contributed by atoms with van der Waals surface area (Å²) in [7, 11) is 0. The predicted octanol–water partition coefficient (Wildman–Crippen LogP) is 9.86. The van der Waals surface area contributed by atoms with Crippen molar-refractivity contribution >= 4 is 0 Å². The molecule has 190 valence electrons. The molecule has 3 aromatic rings. The molecule has 3 aliphatic carbocycles. The Labute approximate surface area is 233 Å². The summed E-state index contributed by atoms with van der Waals surface area (Å²) >= 11 is 0. The number of hydrogen-bond acceptors (Lipinski definition) is 0. The standard InChI is InChI=1S/C39H34/c1-4-16-28-27-29(33-19-10-11-20-34(33)32(28)6-3)25-26-30(5-2)39(31-17-8-7-9-18-31)37-23-14-12-21-35(37)36-22-13-15-24-38(36)39/h4-27,32,34H,3H2,1-2H3/b16-4-,26-25-,30-5+. The molecule has 6 rings (SSSR count). The van der Waals surface area contributed by atoms with Gasteiger partial charge in [-0.25, -0.2) is 0 Å². The molecule has 0 saturated heterocycles. The van der Waals surface area contributed by atoms with E-state index in [0.717, 1.165) is 0 Å². The Morgan fingerprint density at radius 3 is 2.10 bits per heavy atom. The van der Waals surface area contributed by atoms with Gasteiger partial charge < -0.3 is 0 Å². The van der Waals surface area contributed by atoms with Crippen LogP contribution in [0, 0.1) is 11.8 Å². The van der Waals surface area contributed by atoms with Crippen LogP contribution in [0.3, 0.4) is 0 Å². The predicted molar refractivity (Wildman–Crippen MR) is 166 cm³/mol. The lowest BCUT2D eigenvalue weighted by Crippen LogP contribution is -2.29. The Hall–Kier alpha value is -4.42. The second kappa shape index (κ2) is 10.4. The van der Waals surface area contributed by atoms with Crippen LogP contribution >= 0.6 is 0 Å². The average molecular weight is 503 g/mol. The van der Waals surface area contributed by atoms with Gasteiger partial charge in [-0.3, -0.25) is 0 Å². The molecule has 3 aromatic carbocycles. The zero-order valence-corrected chi connectivity index (χ0v) is 22.7. The van der Waals surface area contributed by atoms with Crippen LogP contribution in [0.1, 0.15) is 30.5 Å². The normalized spacial score (nSPS) is 21.2. The molecular formula is C39H34. The van der Waals surface area contributed by atoms with Gasteiger partial charge in [0.05, 0.1) is 5.41 Å². The third-order valence-corrected chi connectivity index (χ3v) is 8.45. The van der Waals surface area contributed by atoms with Crippen LogP contribution in [0.25, 0.3) is 11.1 Å². The van der Waals surface area contributed by atoms with E-state index in [1.54, 1.807) is 0 Å². The SMILES string of the molecule is C=CC1C(/C=C\C)=CC(/C=C\C(=C/C)C2(c3ccccc3)c3ccccc3-c3ccccc32)=C2C=CC=CC21. The van der Waals surface area contributed by atoms with Gasteiger partial charge in [0.15, 0.2) is 0 Å². The maximum absolute atomic E-state index is 4.18.